The molecular weight excluding hydrogens is 350 g/mol. The summed E-state index contributed by atoms with van der Waals surface area (Å²) in [6, 6.07) is 19.8. The molecule has 0 aliphatic heterocycles. The highest BCUT2D eigenvalue weighted by molar-refractivity contribution is 5.86. The second-order valence-corrected chi connectivity index (χ2v) is 6.01. The lowest BCUT2D eigenvalue weighted by molar-refractivity contribution is -0.129. The maximum atomic E-state index is 12.4. The summed E-state index contributed by atoms with van der Waals surface area (Å²) in [4.78, 5) is 26.8. The van der Waals surface area contributed by atoms with Crippen LogP contribution in [0.25, 0.3) is 0 Å². The SMILES string of the molecule is CN(C)C(=O)C(c1ccccc1)c1ccccc1.c1c[nH]cn1.c1c[nH]cn1. The zero-order valence-corrected chi connectivity index (χ0v) is 16.1. The van der Waals surface area contributed by atoms with E-state index in [0.29, 0.717) is 0 Å². The van der Waals surface area contributed by atoms with Crippen molar-refractivity contribution < 1.29 is 4.79 Å². The molecule has 2 heterocycles. The number of H-pyrrole nitrogens is 2. The predicted molar refractivity (Wildman–Crippen MR) is 111 cm³/mol. The molecule has 2 N–H and O–H groups in total. The summed E-state index contributed by atoms with van der Waals surface area (Å²) in [5.74, 6) is -0.116. The summed E-state index contributed by atoms with van der Waals surface area (Å²) < 4.78 is 0. The highest BCUT2D eigenvalue weighted by Crippen LogP contribution is 2.25. The van der Waals surface area contributed by atoms with Crippen molar-refractivity contribution in [3.8, 4) is 0 Å². The number of hydrogen-bond acceptors (Lipinski definition) is 3. The standard InChI is InChI=1S/C16H17NO.2C3H4N2/c1-17(2)16(18)15(13-9-5-3-6-10-13)14-11-7-4-8-12-14;2*1-2-5-3-4-1/h3-12,15H,1-2H3;2*1-3H,(H,4,5). The van der Waals surface area contributed by atoms with Crippen molar-refractivity contribution in [2.75, 3.05) is 14.1 Å². The van der Waals surface area contributed by atoms with Crippen LogP contribution in [0.5, 0.6) is 0 Å². The molecule has 0 bridgehead atoms. The van der Waals surface area contributed by atoms with Gasteiger partial charge in [-0.2, -0.15) is 0 Å². The Morgan fingerprint density at radius 3 is 1.46 bits per heavy atom. The third-order valence-electron chi connectivity index (χ3n) is 3.77. The predicted octanol–water partition coefficient (Wildman–Crippen LogP) is 3.73. The first-order chi connectivity index (χ1) is 13.7. The minimum Gasteiger partial charge on any atom is -0.351 e. The average Bonchev–Trinajstić information content (AvgIpc) is 3.48. The molecule has 2 aromatic heterocycles. The zero-order chi connectivity index (χ0) is 20.0. The third-order valence-corrected chi connectivity index (χ3v) is 3.77. The van der Waals surface area contributed by atoms with E-state index in [0.717, 1.165) is 11.1 Å². The highest BCUT2D eigenvalue weighted by Gasteiger charge is 2.23. The Kier molecular flexibility index (Phi) is 8.74. The first-order valence-corrected chi connectivity index (χ1v) is 8.86. The van der Waals surface area contributed by atoms with Crippen LogP contribution in [0, 0.1) is 0 Å². The monoisotopic (exact) mass is 375 g/mol. The van der Waals surface area contributed by atoms with E-state index in [1.165, 1.54) is 0 Å². The van der Waals surface area contributed by atoms with Gasteiger partial charge < -0.3 is 14.9 Å². The van der Waals surface area contributed by atoms with Crippen LogP contribution in [0.2, 0.25) is 0 Å². The number of nitrogens with one attached hydrogen (secondary N) is 2. The molecule has 4 aromatic rings. The lowest BCUT2D eigenvalue weighted by Crippen LogP contribution is -2.28. The molecule has 0 radical (unpaired) electrons. The minimum atomic E-state index is -0.220. The maximum Gasteiger partial charge on any atom is 0.234 e. The number of hydrogen-bond donors (Lipinski definition) is 2. The number of aromatic amines is 2. The van der Waals surface area contributed by atoms with Crippen molar-refractivity contribution in [2.24, 2.45) is 0 Å². The van der Waals surface area contributed by atoms with Crippen LogP contribution in [-0.2, 0) is 4.79 Å². The number of rotatable bonds is 3. The van der Waals surface area contributed by atoms with Crippen LogP contribution in [-0.4, -0.2) is 44.8 Å². The zero-order valence-electron chi connectivity index (χ0n) is 16.1. The Morgan fingerprint density at radius 1 is 0.786 bits per heavy atom. The van der Waals surface area contributed by atoms with Gasteiger partial charge in [-0.3, -0.25) is 4.79 Å². The fraction of sp³-hybridized carbons (Fsp3) is 0.136. The Labute approximate surface area is 165 Å². The molecule has 4 rings (SSSR count). The van der Waals surface area contributed by atoms with E-state index in [1.807, 2.05) is 60.7 Å². The van der Waals surface area contributed by atoms with E-state index < -0.39 is 0 Å². The number of likely N-dealkylation sites (N-methyl/N-ethyl adjacent to an activating group) is 1. The first-order valence-electron chi connectivity index (χ1n) is 8.86. The van der Waals surface area contributed by atoms with Crippen LogP contribution >= 0.6 is 0 Å². The van der Waals surface area contributed by atoms with Crippen molar-refractivity contribution in [1.82, 2.24) is 24.8 Å². The van der Waals surface area contributed by atoms with Crippen LogP contribution in [0.15, 0.2) is 98.1 Å². The van der Waals surface area contributed by atoms with Crippen molar-refractivity contribution in [2.45, 2.75) is 5.92 Å². The lowest BCUT2D eigenvalue weighted by atomic mass is 9.90. The Morgan fingerprint density at radius 2 is 1.21 bits per heavy atom. The molecule has 6 nitrogen and oxygen atoms in total. The van der Waals surface area contributed by atoms with Gasteiger partial charge in [0.2, 0.25) is 5.91 Å². The Bertz CT molecular complexity index is 760. The molecule has 28 heavy (non-hydrogen) atoms. The highest BCUT2D eigenvalue weighted by atomic mass is 16.2. The molecule has 144 valence electrons. The molecule has 6 heteroatoms. The maximum absolute atomic E-state index is 12.4. The van der Waals surface area contributed by atoms with Gasteiger partial charge in [0.05, 0.1) is 18.6 Å². The number of imidazole rings is 2. The number of amides is 1. The summed E-state index contributed by atoms with van der Waals surface area (Å²) in [6.45, 7) is 0. The molecule has 0 aliphatic rings. The van der Waals surface area contributed by atoms with Gasteiger partial charge >= 0.3 is 0 Å². The molecule has 0 saturated carbocycles. The summed E-state index contributed by atoms with van der Waals surface area (Å²) in [6.07, 6.45) is 10.2. The second-order valence-electron chi connectivity index (χ2n) is 6.01. The molecule has 2 aromatic carbocycles. The Hall–Kier alpha value is -3.67. The van der Waals surface area contributed by atoms with Gasteiger partial charge in [0, 0.05) is 38.9 Å². The number of carbonyl (C=O) groups is 1. The number of carbonyl (C=O) groups excluding carboxylic acids is 1. The van der Waals surface area contributed by atoms with Crippen molar-refractivity contribution in [3.05, 3.63) is 109 Å². The summed E-state index contributed by atoms with van der Waals surface area (Å²) in [5, 5.41) is 0. The molecule has 1 amide bonds. The number of nitrogens with zero attached hydrogens (tertiary/aromatic N) is 3. The number of aromatic nitrogens is 4. The smallest absolute Gasteiger partial charge is 0.234 e. The van der Waals surface area contributed by atoms with E-state index in [9.17, 15) is 4.79 Å². The molecule has 0 fully saturated rings. The molecule has 0 spiro atoms. The fourth-order valence-electron chi connectivity index (χ4n) is 2.46. The minimum absolute atomic E-state index is 0.104. The molecule has 0 aliphatic carbocycles. The molecule has 0 atom stereocenters. The normalized spacial score (nSPS) is 9.54. The van der Waals surface area contributed by atoms with Gasteiger partial charge in [-0.15, -0.1) is 0 Å². The molecule has 0 unspecified atom stereocenters. The van der Waals surface area contributed by atoms with E-state index >= 15 is 0 Å². The largest absolute Gasteiger partial charge is 0.351 e. The van der Waals surface area contributed by atoms with Crippen LogP contribution in [0.3, 0.4) is 0 Å². The van der Waals surface area contributed by atoms with Crippen molar-refractivity contribution in [3.63, 3.8) is 0 Å². The van der Waals surface area contributed by atoms with Crippen LogP contribution < -0.4 is 0 Å². The van der Waals surface area contributed by atoms with Crippen LogP contribution in [0.4, 0.5) is 0 Å². The summed E-state index contributed by atoms with van der Waals surface area (Å²) >= 11 is 0. The van der Waals surface area contributed by atoms with Crippen LogP contribution in [0.1, 0.15) is 17.0 Å². The lowest BCUT2D eigenvalue weighted by Gasteiger charge is -2.21. The number of benzene rings is 2. The van der Waals surface area contributed by atoms with Crippen molar-refractivity contribution >= 4 is 5.91 Å². The van der Waals surface area contributed by atoms with Gasteiger partial charge in [0.15, 0.2) is 0 Å². The van der Waals surface area contributed by atoms with Gasteiger partial charge in [-0.1, -0.05) is 60.7 Å². The fourth-order valence-corrected chi connectivity index (χ4v) is 2.46. The van der Waals surface area contributed by atoms with E-state index in [1.54, 1.807) is 56.4 Å². The van der Waals surface area contributed by atoms with E-state index in [4.69, 9.17) is 0 Å². The topological polar surface area (TPSA) is 77.7 Å². The second kappa shape index (κ2) is 11.9. The van der Waals surface area contributed by atoms with E-state index in [2.05, 4.69) is 19.9 Å². The van der Waals surface area contributed by atoms with Gasteiger partial charge in [-0.05, 0) is 11.1 Å². The van der Waals surface area contributed by atoms with Crippen molar-refractivity contribution in [1.29, 1.82) is 0 Å². The molecule has 0 saturated heterocycles. The summed E-state index contributed by atoms with van der Waals surface area (Å²) in [7, 11) is 3.59. The van der Waals surface area contributed by atoms with Gasteiger partial charge in [0.25, 0.3) is 0 Å². The Balaban J connectivity index is 0.000000226. The molecular formula is C22H25N5O. The summed E-state index contributed by atoms with van der Waals surface area (Å²) in [5.41, 5.74) is 2.06. The first kappa shape index (κ1) is 20.6. The van der Waals surface area contributed by atoms with Gasteiger partial charge in [0.1, 0.15) is 0 Å². The average molecular weight is 375 g/mol. The van der Waals surface area contributed by atoms with E-state index in [-0.39, 0.29) is 11.8 Å². The quantitative estimate of drug-likeness (QED) is 0.573. The third kappa shape index (κ3) is 6.92. The van der Waals surface area contributed by atoms with Gasteiger partial charge in [-0.25, -0.2) is 9.97 Å².